The van der Waals surface area contributed by atoms with Crippen molar-refractivity contribution in [2.45, 2.75) is 39.7 Å². The number of nitrogens with one attached hydrogen (secondary N) is 2. The number of nitriles is 2. The molecule has 0 saturated carbocycles. The summed E-state index contributed by atoms with van der Waals surface area (Å²) < 4.78 is 0. The maximum Gasteiger partial charge on any atom is 0.243 e. The summed E-state index contributed by atoms with van der Waals surface area (Å²) in [6.07, 6.45) is 1.75. The highest BCUT2D eigenvalue weighted by molar-refractivity contribution is 8.03. The molecule has 6 nitrogen and oxygen atoms in total. The number of hydrogen-bond acceptors (Lipinski definition) is 5. The molecule has 2 N–H and O–H groups in total. The zero-order valence-corrected chi connectivity index (χ0v) is 17.1. The first-order valence-corrected chi connectivity index (χ1v) is 10.2. The molecule has 7 heteroatoms. The average Bonchev–Trinajstić information content (AvgIpc) is 2.66. The smallest absolute Gasteiger partial charge is 0.243 e. The largest absolute Gasteiger partial charge is 0.349 e. The lowest BCUT2D eigenvalue weighted by atomic mass is 9.72. The molecule has 1 aliphatic heterocycles. The number of nitrogens with zero attached hydrogens (tertiary/aromatic N) is 2. The summed E-state index contributed by atoms with van der Waals surface area (Å²) in [7, 11) is 0. The summed E-state index contributed by atoms with van der Waals surface area (Å²) in [6.45, 7) is 5.46. The lowest BCUT2D eigenvalue weighted by Gasteiger charge is -2.34. The van der Waals surface area contributed by atoms with Crippen molar-refractivity contribution >= 4 is 23.6 Å². The Kier molecular flexibility index (Phi) is 7.25. The second-order valence-corrected chi connectivity index (χ2v) is 8.18. The van der Waals surface area contributed by atoms with Crippen LogP contribution in [0.25, 0.3) is 0 Å². The van der Waals surface area contributed by atoms with Gasteiger partial charge in [0.05, 0.1) is 34.5 Å². The van der Waals surface area contributed by atoms with Crippen LogP contribution in [0.4, 0.5) is 0 Å². The van der Waals surface area contributed by atoms with Gasteiger partial charge in [0.25, 0.3) is 0 Å². The zero-order chi connectivity index (χ0) is 20.7. The molecular formula is C21H24N4O2S. The number of benzene rings is 1. The van der Waals surface area contributed by atoms with Crippen molar-refractivity contribution in [3.63, 3.8) is 0 Å². The van der Waals surface area contributed by atoms with Crippen molar-refractivity contribution in [2.75, 3.05) is 5.75 Å². The maximum absolute atomic E-state index is 12.5. The molecule has 0 aliphatic carbocycles. The van der Waals surface area contributed by atoms with Crippen LogP contribution in [0.2, 0.25) is 0 Å². The lowest BCUT2D eigenvalue weighted by molar-refractivity contribution is -0.125. The van der Waals surface area contributed by atoms with Gasteiger partial charge in [0.15, 0.2) is 0 Å². The van der Waals surface area contributed by atoms with Gasteiger partial charge >= 0.3 is 0 Å². The fraction of sp³-hybridized carbons (Fsp3) is 0.429. The van der Waals surface area contributed by atoms with Crippen LogP contribution in [0.3, 0.4) is 0 Å². The highest BCUT2D eigenvalue weighted by atomic mass is 32.2. The number of thioether (sulfide) groups is 1. The first kappa shape index (κ1) is 21.5. The summed E-state index contributed by atoms with van der Waals surface area (Å²) in [4.78, 5) is 24.7. The van der Waals surface area contributed by atoms with Crippen LogP contribution in [0.5, 0.6) is 0 Å². The molecule has 0 fully saturated rings. The number of carbonyl (C=O) groups excluding carboxylic acids is 2. The molecule has 1 aliphatic rings. The zero-order valence-electron chi connectivity index (χ0n) is 16.3. The number of hydrogen-bond donors (Lipinski definition) is 2. The minimum atomic E-state index is -0.938. The van der Waals surface area contributed by atoms with Gasteiger partial charge in [0.2, 0.25) is 11.8 Å². The number of allylic oxidation sites excluding steroid dienone is 1. The van der Waals surface area contributed by atoms with Gasteiger partial charge in [-0.15, -0.1) is 0 Å². The Bertz CT molecular complexity index is 849. The van der Waals surface area contributed by atoms with Crippen molar-refractivity contribution in [3.8, 4) is 12.1 Å². The molecule has 1 aromatic rings. The van der Waals surface area contributed by atoms with Crippen molar-refractivity contribution in [1.29, 1.82) is 10.5 Å². The molecule has 2 atom stereocenters. The lowest BCUT2D eigenvalue weighted by Crippen LogP contribution is -2.44. The number of rotatable bonds is 7. The van der Waals surface area contributed by atoms with E-state index in [1.807, 2.05) is 36.4 Å². The molecule has 146 valence electrons. The Morgan fingerprint density at radius 3 is 2.57 bits per heavy atom. The molecule has 0 spiro atoms. The highest BCUT2D eigenvalue weighted by Gasteiger charge is 2.44. The maximum atomic E-state index is 12.5. The molecule has 2 rings (SSSR count). The van der Waals surface area contributed by atoms with Crippen molar-refractivity contribution in [2.24, 2.45) is 11.3 Å². The van der Waals surface area contributed by atoms with Gasteiger partial charge in [-0.2, -0.15) is 10.5 Å². The Morgan fingerprint density at radius 2 is 2.00 bits per heavy atom. The molecule has 0 unspecified atom stereocenters. The molecule has 1 aromatic carbocycles. The minimum absolute atomic E-state index is 0.0706. The monoisotopic (exact) mass is 396 g/mol. The summed E-state index contributed by atoms with van der Waals surface area (Å²) in [5.41, 5.74) is 0.465. The highest BCUT2D eigenvalue weighted by Crippen LogP contribution is 2.41. The first-order chi connectivity index (χ1) is 13.3. The van der Waals surface area contributed by atoms with Crippen molar-refractivity contribution in [1.82, 2.24) is 10.6 Å². The fourth-order valence-electron chi connectivity index (χ4n) is 3.20. The molecular weight excluding hydrogens is 372 g/mol. The van der Waals surface area contributed by atoms with E-state index in [2.05, 4.69) is 23.6 Å². The predicted molar refractivity (Wildman–Crippen MR) is 108 cm³/mol. The normalized spacial score (nSPS) is 19.2. The van der Waals surface area contributed by atoms with Crippen LogP contribution in [0, 0.1) is 34.0 Å². The molecule has 1 heterocycles. The predicted octanol–water partition coefficient (Wildman–Crippen LogP) is 3.41. The SMILES string of the molecule is CCC[C@@H](NC(=O)CSC1=C(C#N)C(C)(C)[C@@H](C#N)C(=O)N1)c1ccccc1. The summed E-state index contributed by atoms with van der Waals surface area (Å²) in [5, 5.41) is 24.8. The Morgan fingerprint density at radius 1 is 1.32 bits per heavy atom. The summed E-state index contributed by atoms with van der Waals surface area (Å²) in [6, 6.07) is 13.8. The molecule has 0 radical (unpaired) electrons. The van der Waals surface area contributed by atoms with Crippen molar-refractivity contribution < 1.29 is 9.59 Å². The average molecular weight is 397 g/mol. The van der Waals surface area contributed by atoms with Crippen LogP contribution in [-0.4, -0.2) is 17.6 Å². The van der Waals surface area contributed by atoms with E-state index in [1.165, 1.54) is 0 Å². The topological polar surface area (TPSA) is 106 Å². The van der Waals surface area contributed by atoms with E-state index in [-0.39, 0.29) is 17.7 Å². The third-order valence-electron chi connectivity index (χ3n) is 4.80. The Balaban J connectivity index is 2.10. The van der Waals surface area contributed by atoms with E-state index in [1.54, 1.807) is 13.8 Å². The van der Waals surface area contributed by atoms with E-state index in [4.69, 9.17) is 0 Å². The molecule has 0 bridgehead atoms. The molecule has 0 aromatic heterocycles. The van der Waals surface area contributed by atoms with Crippen molar-refractivity contribution in [3.05, 3.63) is 46.5 Å². The van der Waals surface area contributed by atoms with E-state index in [0.717, 1.165) is 30.2 Å². The quantitative estimate of drug-likeness (QED) is 0.735. The van der Waals surface area contributed by atoms with Gasteiger partial charge < -0.3 is 10.6 Å². The molecule has 2 amide bonds. The third kappa shape index (κ3) is 4.74. The minimum Gasteiger partial charge on any atom is -0.349 e. The standard InChI is InChI=1S/C21H24N4O2S/c1-4-8-17(14-9-6-5-7-10-14)24-18(26)13-28-20-16(12-23)21(2,3)15(11-22)19(27)25-20/h5-7,9-10,15,17H,4,8,13H2,1-3H3,(H,24,26)(H,25,27)/t15-,17+/m0/s1. The summed E-state index contributed by atoms with van der Waals surface area (Å²) in [5.74, 6) is -1.48. The molecule has 0 saturated heterocycles. The molecule has 28 heavy (non-hydrogen) atoms. The van der Waals surface area contributed by atoms with E-state index < -0.39 is 17.2 Å². The first-order valence-electron chi connectivity index (χ1n) is 9.17. The van der Waals surface area contributed by atoms with Crippen LogP contribution in [0.1, 0.15) is 45.2 Å². The van der Waals surface area contributed by atoms with Gasteiger partial charge in [0.1, 0.15) is 5.92 Å². The second-order valence-electron chi connectivity index (χ2n) is 7.20. The second kappa shape index (κ2) is 9.43. The van der Waals surface area contributed by atoms with Gasteiger partial charge in [-0.25, -0.2) is 0 Å². The number of amides is 2. The fourth-order valence-corrected chi connectivity index (χ4v) is 4.19. The van der Waals surface area contributed by atoms with Gasteiger partial charge in [-0.3, -0.25) is 9.59 Å². The Hall–Kier alpha value is -2.77. The summed E-state index contributed by atoms with van der Waals surface area (Å²) >= 11 is 1.12. The van der Waals surface area contributed by atoms with Crippen LogP contribution in [0.15, 0.2) is 40.9 Å². The van der Waals surface area contributed by atoms with E-state index in [0.29, 0.717) is 10.6 Å². The van der Waals surface area contributed by atoms with Crippen LogP contribution >= 0.6 is 11.8 Å². The van der Waals surface area contributed by atoms with E-state index in [9.17, 15) is 20.1 Å². The van der Waals surface area contributed by atoms with Crippen LogP contribution in [-0.2, 0) is 9.59 Å². The van der Waals surface area contributed by atoms with Gasteiger partial charge in [-0.05, 0) is 12.0 Å². The van der Waals surface area contributed by atoms with Gasteiger partial charge in [-0.1, -0.05) is 69.3 Å². The van der Waals surface area contributed by atoms with Crippen LogP contribution < -0.4 is 10.6 Å². The number of carbonyl (C=O) groups is 2. The Labute approximate surface area is 170 Å². The van der Waals surface area contributed by atoms with Gasteiger partial charge in [0, 0.05) is 5.41 Å². The third-order valence-corrected chi connectivity index (χ3v) is 5.80. The van der Waals surface area contributed by atoms with E-state index >= 15 is 0 Å².